The Morgan fingerprint density at radius 1 is 1.31 bits per heavy atom. The van der Waals surface area contributed by atoms with Gasteiger partial charge >= 0.3 is 64.3 Å². The monoisotopic (exact) mass is 260 g/mol. The van der Waals surface area contributed by atoms with Gasteiger partial charge in [0.1, 0.15) is 5.82 Å². The van der Waals surface area contributed by atoms with Crippen LogP contribution < -0.4 is 56.8 Å². The maximum Gasteiger partial charge on any atom is 1.00 e. The van der Waals surface area contributed by atoms with Gasteiger partial charge in [0.2, 0.25) is 0 Å². The van der Waals surface area contributed by atoms with Gasteiger partial charge in [-0.3, -0.25) is 0 Å². The van der Waals surface area contributed by atoms with Crippen molar-refractivity contribution in [3.8, 4) is 0 Å². The molecule has 0 heterocycles. The van der Waals surface area contributed by atoms with Crippen molar-refractivity contribution in [2.45, 2.75) is 0 Å². The van der Waals surface area contributed by atoms with Crippen LogP contribution in [0.15, 0.2) is 18.2 Å². The first-order chi connectivity index (χ1) is 6.86. The average molecular weight is 260 g/mol. The van der Waals surface area contributed by atoms with Crippen molar-refractivity contribution < 1.29 is 78.3 Å². The molecule has 0 aliphatic carbocycles. The number of hydrogen-bond donors (Lipinski definition) is 0. The maximum atomic E-state index is 12.9. The summed E-state index contributed by atoms with van der Waals surface area (Å²) in [6, 6.07) is 1.62. The Balaban J connectivity index is 0.00000225. The molecule has 1 aromatic rings. The van der Waals surface area contributed by atoms with Crippen molar-refractivity contribution in [3.05, 3.63) is 29.6 Å². The Morgan fingerprint density at radius 3 is 2.31 bits per heavy atom. The van der Waals surface area contributed by atoms with Crippen LogP contribution in [-0.2, 0) is 4.74 Å². The molecule has 0 N–H and O–H groups in total. The van der Waals surface area contributed by atoms with Crippen LogP contribution in [-0.4, -0.2) is 20.1 Å². The predicted octanol–water partition coefficient (Wildman–Crippen LogP) is -1.33. The molecule has 0 amide bonds. The largest absolute Gasteiger partial charge is 1.00 e. The summed E-state index contributed by atoms with van der Waals surface area (Å²) in [4.78, 5) is 10.9. The minimum Gasteiger partial charge on any atom is -0.465 e. The topological polar surface area (TPSA) is 26.3 Å². The zero-order chi connectivity index (χ0) is 11.6. The van der Waals surface area contributed by atoms with E-state index in [2.05, 4.69) is 4.74 Å². The number of hydrogen-bond acceptors (Lipinski definition) is 2. The van der Waals surface area contributed by atoms with Crippen molar-refractivity contribution in [3.63, 3.8) is 0 Å². The van der Waals surface area contributed by atoms with Crippen molar-refractivity contribution in [1.82, 2.24) is 0 Å². The number of methoxy groups -OCH3 is 1. The van der Waals surface area contributed by atoms with Crippen molar-refractivity contribution in [1.29, 1.82) is 0 Å². The van der Waals surface area contributed by atoms with E-state index in [0.717, 1.165) is 7.11 Å². The van der Waals surface area contributed by atoms with Gasteiger partial charge in [0.15, 0.2) is 0 Å². The zero-order valence-electron chi connectivity index (χ0n) is 8.64. The minimum absolute atomic E-state index is 0. The molecule has 82 valence electrons. The molecule has 0 bridgehead atoms. The molecule has 0 atom stereocenters. The first-order valence-electron chi connectivity index (χ1n) is 3.94. The number of benzene rings is 1. The second kappa shape index (κ2) is 6.15. The molecule has 2 nitrogen and oxygen atoms in total. The molecule has 0 fully saturated rings. The fourth-order valence-corrected chi connectivity index (χ4v) is 1.01. The van der Waals surface area contributed by atoms with Gasteiger partial charge in [-0.25, -0.2) is 9.18 Å². The van der Waals surface area contributed by atoms with Gasteiger partial charge in [-0.05, 0) is 6.07 Å². The van der Waals surface area contributed by atoms with Crippen LogP contribution in [0.1, 0.15) is 10.4 Å². The molecule has 0 unspecified atom stereocenters. The Bertz CT molecular complexity index is 394. The van der Waals surface area contributed by atoms with Crippen molar-refractivity contribution >= 4 is 18.4 Å². The molecule has 1 aromatic carbocycles. The van der Waals surface area contributed by atoms with E-state index in [9.17, 15) is 22.1 Å². The molecule has 0 aliphatic heterocycles. The van der Waals surface area contributed by atoms with E-state index in [4.69, 9.17) is 0 Å². The molecule has 1 rings (SSSR count). The van der Waals surface area contributed by atoms with Gasteiger partial charge in [-0.15, -0.1) is 5.46 Å². The average Bonchev–Trinajstić information content (AvgIpc) is 2.15. The zero-order valence-corrected chi connectivity index (χ0v) is 11.8. The third-order valence-electron chi connectivity index (χ3n) is 1.77. The second-order valence-electron chi connectivity index (χ2n) is 2.81. The first kappa shape index (κ1) is 16.1. The normalized spacial score (nSPS) is 10.6. The molecule has 0 saturated carbocycles. The van der Waals surface area contributed by atoms with Gasteiger partial charge in [-0.2, -0.15) is 0 Å². The Hall–Kier alpha value is 0.111. The summed E-state index contributed by atoms with van der Waals surface area (Å²) in [5, 5.41) is 0. The molecule has 0 saturated heterocycles. The molecule has 0 radical (unpaired) electrons. The van der Waals surface area contributed by atoms with Gasteiger partial charge in [-0.1, -0.05) is 12.1 Å². The second-order valence-corrected chi connectivity index (χ2v) is 2.81. The van der Waals surface area contributed by atoms with Crippen LogP contribution in [0.2, 0.25) is 0 Å². The Labute approximate surface area is 132 Å². The number of halogens is 4. The van der Waals surface area contributed by atoms with E-state index in [1.807, 2.05) is 0 Å². The smallest absolute Gasteiger partial charge is 0.465 e. The summed E-state index contributed by atoms with van der Waals surface area (Å²) in [5.41, 5.74) is -1.74. The van der Waals surface area contributed by atoms with Gasteiger partial charge < -0.3 is 17.7 Å². The van der Waals surface area contributed by atoms with Crippen LogP contribution in [0.3, 0.4) is 0 Å². The van der Waals surface area contributed by atoms with Crippen LogP contribution in [0.5, 0.6) is 0 Å². The quantitative estimate of drug-likeness (QED) is 0.374. The van der Waals surface area contributed by atoms with E-state index in [0.29, 0.717) is 18.2 Å². The molecule has 8 heteroatoms. The molecule has 0 aromatic heterocycles. The minimum atomic E-state index is -5.25. The number of ether oxygens (including phenoxy) is 1. The van der Waals surface area contributed by atoms with Crippen LogP contribution in [0.25, 0.3) is 0 Å². The molecule has 16 heavy (non-hydrogen) atoms. The van der Waals surface area contributed by atoms with Crippen LogP contribution >= 0.6 is 0 Å². The standard InChI is InChI=1S/C8H6BF4O2.K/c1-15-8(14)6-4-5(9(11,12)13)2-3-7(6)10;/h2-4H,1H3;/q-1;+1. The van der Waals surface area contributed by atoms with Gasteiger partial charge in [0.25, 0.3) is 0 Å². The summed E-state index contributed by atoms with van der Waals surface area (Å²) < 4.78 is 53.8. The third kappa shape index (κ3) is 3.85. The fourth-order valence-electron chi connectivity index (χ4n) is 1.01. The number of carbonyl (C=O) groups excluding carboxylic acids is 1. The van der Waals surface area contributed by atoms with E-state index >= 15 is 0 Å². The van der Waals surface area contributed by atoms with E-state index < -0.39 is 29.8 Å². The Morgan fingerprint density at radius 2 is 1.88 bits per heavy atom. The number of esters is 1. The molecule has 0 aliphatic rings. The van der Waals surface area contributed by atoms with Crippen molar-refractivity contribution in [2.75, 3.05) is 7.11 Å². The number of rotatable bonds is 2. The fraction of sp³-hybridized carbons (Fsp3) is 0.125. The van der Waals surface area contributed by atoms with Gasteiger partial charge in [0, 0.05) is 0 Å². The summed E-state index contributed by atoms with van der Waals surface area (Å²) in [7, 11) is 0.965. The van der Waals surface area contributed by atoms with E-state index in [-0.39, 0.29) is 51.4 Å². The van der Waals surface area contributed by atoms with E-state index in [1.165, 1.54) is 0 Å². The van der Waals surface area contributed by atoms with Gasteiger partial charge in [0.05, 0.1) is 12.7 Å². The van der Waals surface area contributed by atoms with E-state index in [1.54, 1.807) is 0 Å². The SMILES string of the molecule is COC(=O)c1cc([B-](F)(F)F)ccc1F.[K+]. The summed E-state index contributed by atoms with van der Waals surface area (Å²) in [5.74, 6) is -2.17. The summed E-state index contributed by atoms with van der Waals surface area (Å²) in [6.07, 6.45) is 0. The van der Waals surface area contributed by atoms with Crippen LogP contribution in [0, 0.1) is 5.82 Å². The molecular formula is C8H6BF4KO2. The Kier molecular flexibility index (Phi) is 6.20. The summed E-state index contributed by atoms with van der Waals surface area (Å²) in [6.45, 7) is -5.25. The summed E-state index contributed by atoms with van der Waals surface area (Å²) >= 11 is 0. The first-order valence-corrected chi connectivity index (χ1v) is 3.94. The predicted molar refractivity (Wildman–Crippen MR) is 46.5 cm³/mol. The van der Waals surface area contributed by atoms with Crippen molar-refractivity contribution in [2.24, 2.45) is 0 Å². The third-order valence-corrected chi connectivity index (χ3v) is 1.77. The maximum absolute atomic E-state index is 12.9. The number of carbonyl (C=O) groups is 1. The molecule has 0 spiro atoms. The molecular weight excluding hydrogens is 254 g/mol. The van der Waals surface area contributed by atoms with Crippen LogP contribution in [0.4, 0.5) is 17.3 Å².